The predicted octanol–water partition coefficient (Wildman–Crippen LogP) is 1.44. The molecule has 6 heteroatoms. The van der Waals surface area contributed by atoms with Crippen molar-refractivity contribution in [1.82, 2.24) is 10.2 Å². The lowest BCUT2D eigenvalue weighted by Gasteiger charge is -2.34. The first-order valence-electron chi connectivity index (χ1n) is 7.53. The molecule has 0 bridgehead atoms. The zero-order chi connectivity index (χ0) is 14.6. The first-order valence-corrected chi connectivity index (χ1v) is 8.58. The lowest BCUT2D eigenvalue weighted by Crippen LogP contribution is -2.48. The minimum absolute atomic E-state index is 0.640. The smallest absolute Gasteiger partial charge is 0.194 e. The molecule has 20 heavy (non-hydrogen) atoms. The Kier molecular flexibility index (Phi) is 9.87. The highest BCUT2D eigenvalue weighted by Gasteiger charge is 2.21. The minimum atomic E-state index is 0.640. The summed E-state index contributed by atoms with van der Waals surface area (Å²) in [4.78, 5) is 7.04. The van der Waals surface area contributed by atoms with Gasteiger partial charge in [-0.2, -0.15) is 11.8 Å². The number of rotatable bonds is 8. The average molecular weight is 303 g/mol. The van der Waals surface area contributed by atoms with Crippen LogP contribution >= 0.6 is 11.8 Å². The van der Waals surface area contributed by atoms with Crippen molar-refractivity contribution < 1.29 is 9.47 Å². The van der Waals surface area contributed by atoms with E-state index in [0.29, 0.717) is 26.4 Å². The van der Waals surface area contributed by atoms with Crippen molar-refractivity contribution in [1.29, 1.82) is 0 Å². The standard InChI is InChI=1S/C14H29N3O2S/c1-4-13-12-17(7-11-20-13)14(15-5-2)16-6-8-19-10-9-18-3/h13H,4-12H2,1-3H3,(H,15,16). The highest BCUT2D eigenvalue weighted by atomic mass is 32.2. The maximum atomic E-state index is 5.45. The van der Waals surface area contributed by atoms with Gasteiger partial charge < -0.3 is 19.7 Å². The third-order valence-electron chi connectivity index (χ3n) is 3.16. The Morgan fingerprint density at radius 1 is 1.35 bits per heavy atom. The van der Waals surface area contributed by atoms with Gasteiger partial charge in [-0.05, 0) is 13.3 Å². The lowest BCUT2D eigenvalue weighted by molar-refractivity contribution is 0.0747. The van der Waals surface area contributed by atoms with Gasteiger partial charge in [-0.1, -0.05) is 6.92 Å². The van der Waals surface area contributed by atoms with Crippen molar-refractivity contribution in [2.45, 2.75) is 25.5 Å². The van der Waals surface area contributed by atoms with Crippen LogP contribution in [0.15, 0.2) is 4.99 Å². The molecule has 0 spiro atoms. The highest BCUT2D eigenvalue weighted by molar-refractivity contribution is 8.00. The Morgan fingerprint density at radius 2 is 2.20 bits per heavy atom. The van der Waals surface area contributed by atoms with Crippen LogP contribution in [0.25, 0.3) is 0 Å². The van der Waals surface area contributed by atoms with Gasteiger partial charge in [0.05, 0.1) is 26.4 Å². The Morgan fingerprint density at radius 3 is 2.90 bits per heavy atom. The fourth-order valence-electron chi connectivity index (χ4n) is 2.04. The summed E-state index contributed by atoms with van der Waals surface area (Å²) in [6.07, 6.45) is 1.22. The molecule has 1 heterocycles. The Hall–Kier alpha value is -0.460. The number of nitrogens with zero attached hydrogens (tertiary/aromatic N) is 2. The van der Waals surface area contributed by atoms with E-state index in [9.17, 15) is 0 Å². The maximum absolute atomic E-state index is 5.45. The second kappa shape index (κ2) is 11.2. The van der Waals surface area contributed by atoms with Crippen LogP contribution in [0, 0.1) is 0 Å². The lowest BCUT2D eigenvalue weighted by atomic mass is 10.3. The highest BCUT2D eigenvalue weighted by Crippen LogP contribution is 2.20. The van der Waals surface area contributed by atoms with Crippen LogP contribution in [-0.4, -0.2) is 75.0 Å². The van der Waals surface area contributed by atoms with Gasteiger partial charge in [0.15, 0.2) is 5.96 Å². The van der Waals surface area contributed by atoms with E-state index in [1.54, 1.807) is 7.11 Å². The molecular weight excluding hydrogens is 274 g/mol. The number of ether oxygens (including phenoxy) is 2. The monoisotopic (exact) mass is 303 g/mol. The molecule has 1 aliphatic rings. The van der Waals surface area contributed by atoms with Gasteiger partial charge in [0.2, 0.25) is 0 Å². The molecule has 1 saturated heterocycles. The number of methoxy groups -OCH3 is 1. The largest absolute Gasteiger partial charge is 0.382 e. The second-order valence-corrected chi connectivity index (χ2v) is 6.10. The van der Waals surface area contributed by atoms with Crippen LogP contribution in [0.3, 0.4) is 0 Å². The summed E-state index contributed by atoms with van der Waals surface area (Å²) < 4.78 is 10.4. The number of hydrogen-bond acceptors (Lipinski definition) is 4. The quantitative estimate of drug-likeness (QED) is 0.418. The van der Waals surface area contributed by atoms with Gasteiger partial charge in [0.1, 0.15) is 0 Å². The Balaban J connectivity index is 2.37. The summed E-state index contributed by atoms with van der Waals surface area (Å²) in [6, 6.07) is 0. The molecule has 0 aromatic heterocycles. The molecule has 1 fully saturated rings. The van der Waals surface area contributed by atoms with E-state index in [4.69, 9.17) is 9.47 Å². The minimum Gasteiger partial charge on any atom is -0.382 e. The molecule has 0 radical (unpaired) electrons. The summed E-state index contributed by atoms with van der Waals surface area (Å²) >= 11 is 2.08. The number of nitrogens with one attached hydrogen (secondary N) is 1. The number of thioether (sulfide) groups is 1. The zero-order valence-electron chi connectivity index (χ0n) is 13.1. The van der Waals surface area contributed by atoms with Gasteiger partial charge in [-0.25, -0.2) is 0 Å². The predicted molar refractivity (Wildman–Crippen MR) is 86.8 cm³/mol. The van der Waals surface area contributed by atoms with Crippen molar-refractivity contribution in [3.8, 4) is 0 Å². The zero-order valence-corrected chi connectivity index (χ0v) is 13.9. The molecule has 5 nitrogen and oxygen atoms in total. The van der Waals surface area contributed by atoms with Crippen LogP contribution in [0.4, 0.5) is 0 Å². The van der Waals surface area contributed by atoms with Crippen molar-refractivity contribution in [2.75, 3.05) is 58.9 Å². The molecule has 1 unspecified atom stereocenters. The van der Waals surface area contributed by atoms with Crippen molar-refractivity contribution >= 4 is 17.7 Å². The molecule has 0 aromatic carbocycles. The summed E-state index contributed by atoms with van der Waals surface area (Å²) in [7, 11) is 1.68. The second-order valence-electron chi connectivity index (χ2n) is 4.69. The van der Waals surface area contributed by atoms with Gasteiger partial charge in [-0.3, -0.25) is 4.99 Å². The summed E-state index contributed by atoms with van der Waals surface area (Å²) in [5.74, 6) is 2.22. The normalized spacial score (nSPS) is 20.2. The van der Waals surface area contributed by atoms with Crippen LogP contribution in [0.1, 0.15) is 20.3 Å². The first-order chi connectivity index (χ1) is 9.81. The number of guanidine groups is 1. The topological polar surface area (TPSA) is 46.1 Å². The Labute approximate surface area is 127 Å². The van der Waals surface area contributed by atoms with Gasteiger partial charge >= 0.3 is 0 Å². The van der Waals surface area contributed by atoms with Crippen LogP contribution in [0.2, 0.25) is 0 Å². The molecule has 0 aliphatic carbocycles. The Bertz CT molecular complexity index is 277. The van der Waals surface area contributed by atoms with Crippen LogP contribution in [-0.2, 0) is 9.47 Å². The first kappa shape index (κ1) is 17.6. The summed E-state index contributed by atoms with van der Waals surface area (Å²) in [5, 5.41) is 4.11. The van der Waals surface area contributed by atoms with E-state index in [-0.39, 0.29) is 0 Å². The molecule has 1 N–H and O–H groups in total. The summed E-state index contributed by atoms with van der Waals surface area (Å²) in [5.41, 5.74) is 0. The maximum Gasteiger partial charge on any atom is 0.194 e. The molecule has 1 atom stereocenters. The average Bonchev–Trinajstić information content (AvgIpc) is 2.49. The molecular formula is C14H29N3O2S. The van der Waals surface area contributed by atoms with Crippen LogP contribution in [0.5, 0.6) is 0 Å². The molecule has 1 rings (SSSR count). The van der Waals surface area contributed by atoms with E-state index < -0.39 is 0 Å². The summed E-state index contributed by atoms with van der Waals surface area (Å²) in [6.45, 7) is 10.1. The fourth-order valence-corrected chi connectivity index (χ4v) is 3.23. The van der Waals surface area contributed by atoms with E-state index in [2.05, 4.69) is 40.8 Å². The molecule has 0 amide bonds. The van der Waals surface area contributed by atoms with Gasteiger partial charge in [-0.15, -0.1) is 0 Å². The molecule has 0 aromatic rings. The number of hydrogen-bond donors (Lipinski definition) is 1. The van der Waals surface area contributed by atoms with Crippen LogP contribution < -0.4 is 5.32 Å². The molecule has 1 aliphatic heterocycles. The van der Waals surface area contributed by atoms with E-state index >= 15 is 0 Å². The molecule has 0 saturated carbocycles. The van der Waals surface area contributed by atoms with Gasteiger partial charge in [0, 0.05) is 37.7 Å². The van der Waals surface area contributed by atoms with Gasteiger partial charge in [0.25, 0.3) is 0 Å². The van der Waals surface area contributed by atoms with Crippen molar-refractivity contribution in [3.63, 3.8) is 0 Å². The third-order valence-corrected chi connectivity index (χ3v) is 4.53. The fraction of sp³-hybridized carbons (Fsp3) is 0.929. The third kappa shape index (κ3) is 6.81. The van der Waals surface area contributed by atoms with Crippen molar-refractivity contribution in [2.24, 2.45) is 4.99 Å². The van der Waals surface area contributed by atoms with E-state index in [0.717, 1.165) is 30.8 Å². The van der Waals surface area contributed by atoms with Crippen molar-refractivity contribution in [3.05, 3.63) is 0 Å². The van der Waals surface area contributed by atoms with E-state index in [1.807, 2.05) is 0 Å². The van der Waals surface area contributed by atoms with E-state index in [1.165, 1.54) is 12.2 Å². The molecule has 118 valence electrons. The number of aliphatic imine (C=N–C) groups is 1. The SMILES string of the molecule is CCNC(=NCCOCCOC)N1CCSC(CC)C1.